The highest BCUT2D eigenvalue weighted by molar-refractivity contribution is 9.10. The number of aromatic nitrogens is 1. The fourth-order valence-corrected chi connectivity index (χ4v) is 2.26. The smallest absolute Gasteiger partial charge is 0.286 e. The van der Waals surface area contributed by atoms with Gasteiger partial charge in [-0.05, 0) is 41.3 Å². The number of hydrogen-bond acceptors (Lipinski definition) is 3. The lowest BCUT2D eigenvalue weighted by atomic mass is 10.1. The van der Waals surface area contributed by atoms with Crippen LogP contribution in [-0.4, -0.2) is 29.5 Å². The standard InChI is InChI=1S/C12H16BrN3O3/c13-8-6-10(14-7-8)12(18)16-15-11(17)4-3-9-2-1-5-19-9/h6-7,9,14H,1-5H2,(H,15,17)(H,16,18)/t9-/m0/s1. The molecule has 7 heteroatoms. The van der Waals surface area contributed by atoms with Gasteiger partial charge in [-0.2, -0.15) is 0 Å². The van der Waals surface area contributed by atoms with Crippen molar-refractivity contribution in [1.82, 2.24) is 15.8 Å². The fraction of sp³-hybridized carbons (Fsp3) is 0.500. The van der Waals surface area contributed by atoms with Gasteiger partial charge in [-0.25, -0.2) is 0 Å². The predicted molar refractivity (Wildman–Crippen MR) is 72.3 cm³/mol. The SMILES string of the molecule is O=C(CC[C@@H]1CCCO1)NNC(=O)c1cc(Br)c[nH]1. The van der Waals surface area contributed by atoms with Crippen molar-refractivity contribution >= 4 is 27.7 Å². The number of hydrazine groups is 1. The summed E-state index contributed by atoms with van der Waals surface area (Å²) in [7, 11) is 0. The Morgan fingerprint density at radius 3 is 2.95 bits per heavy atom. The average molecular weight is 330 g/mol. The van der Waals surface area contributed by atoms with E-state index in [1.807, 2.05) is 0 Å². The number of halogens is 1. The Hall–Kier alpha value is -1.34. The summed E-state index contributed by atoms with van der Waals surface area (Å²) >= 11 is 3.23. The molecule has 1 atom stereocenters. The van der Waals surface area contributed by atoms with Crippen LogP contribution in [0, 0.1) is 0 Å². The van der Waals surface area contributed by atoms with Crippen molar-refractivity contribution in [3.05, 3.63) is 22.4 Å². The second-order valence-corrected chi connectivity index (χ2v) is 5.32. The van der Waals surface area contributed by atoms with Gasteiger partial charge in [0.25, 0.3) is 5.91 Å². The van der Waals surface area contributed by atoms with E-state index in [0.29, 0.717) is 18.5 Å². The van der Waals surface area contributed by atoms with Crippen LogP contribution in [0.1, 0.15) is 36.2 Å². The number of rotatable bonds is 4. The van der Waals surface area contributed by atoms with Crippen LogP contribution in [-0.2, 0) is 9.53 Å². The summed E-state index contributed by atoms with van der Waals surface area (Å²) in [5, 5.41) is 0. The van der Waals surface area contributed by atoms with Gasteiger partial charge in [-0.15, -0.1) is 0 Å². The van der Waals surface area contributed by atoms with Crippen molar-refractivity contribution < 1.29 is 14.3 Å². The molecule has 0 unspecified atom stereocenters. The zero-order valence-corrected chi connectivity index (χ0v) is 12.0. The Morgan fingerprint density at radius 1 is 1.47 bits per heavy atom. The maximum Gasteiger partial charge on any atom is 0.286 e. The summed E-state index contributed by atoms with van der Waals surface area (Å²) in [6.07, 6.45) is 4.94. The molecule has 1 aromatic rings. The van der Waals surface area contributed by atoms with Crippen LogP contribution < -0.4 is 10.9 Å². The summed E-state index contributed by atoms with van der Waals surface area (Å²) in [5.74, 6) is -0.592. The molecule has 2 amide bonds. The molecule has 0 radical (unpaired) electrons. The van der Waals surface area contributed by atoms with Gasteiger partial charge in [0.05, 0.1) is 6.10 Å². The van der Waals surface area contributed by atoms with Crippen molar-refractivity contribution in [2.75, 3.05) is 6.61 Å². The Bertz CT molecular complexity index is 455. The lowest BCUT2D eigenvalue weighted by Crippen LogP contribution is -2.41. The molecule has 1 saturated heterocycles. The van der Waals surface area contributed by atoms with Crippen molar-refractivity contribution in [2.45, 2.75) is 31.8 Å². The molecule has 0 spiro atoms. The predicted octanol–water partition coefficient (Wildman–Crippen LogP) is 1.50. The molecule has 0 aliphatic carbocycles. The fourth-order valence-electron chi connectivity index (χ4n) is 1.92. The molecule has 3 N–H and O–H groups in total. The van der Waals surface area contributed by atoms with E-state index >= 15 is 0 Å². The quantitative estimate of drug-likeness (QED) is 0.732. The third-order valence-corrected chi connectivity index (χ3v) is 3.38. The molecular formula is C12H16BrN3O3. The summed E-state index contributed by atoms with van der Waals surface area (Å²) < 4.78 is 6.20. The van der Waals surface area contributed by atoms with Crippen LogP contribution in [0.3, 0.4) is 0 Å². The number of H-pyrrole nitrogens is 1. The summed E-state index contributed by atoms with van der Waals surface area (Å²) in [5.41, 5.74) is 5.12. The van der Waals surface area contributed by atoms with Crippen molar-refractivity contribution in [2.24, 2.45) is 0 Å². The van der Waals surface area contributed by atoms with E-state index in [1.165, 1.54) is 0 Å². The molecular weight excluding hydrogens is 314 g/mol. The first kappa shape index (κ1) is 14.1. The van der Waals surface area contributed by atoms with Crippen LogP contribution in [0.15, 0.2) is 16.7 Å². The third kappa shape index (κ3) is 4.36. The highest BCUT2D eigenvalue weighted by Gasteiger charge is 2.17. The molecule has 0 aromatic carbocycles. The van der Waals surface area contributed by atoms with Crippen molar-refractivity contribution in [1.29, 1.82) is 0 Å². The normalized spacial score (nSPS) is 18.3. The monoisotopic (exact) mass is 329 g/mol. The maximum absolute atomic E-state index is 11.6. The molecule has 1 aliphatic heterocycles. The van der Waals surface area contributed by atoms with Gasteiger partial charge in [0.2, 0.25) is 5.91 Å². The molecule has 2 rings (SSSR count). The van der Waals surface area contributed by atoms with Crippen molar-refractivity contribution in [3.63, 3.8) is 0 Å². The zero-order valence-electron chi connectivity index (χ0n) is 10.4. The number of aromatic amines is 1. The molecule has 0 bridgehead atoms. The molecule has 1 aromatic heterocycles. The van der Waals surface area contributed by atoms with Crippen LogP contribution in [0.5, 0.6) is 0 Å². The first-order valence-electron chi connectivity index (χ1n) is 6.20. The van der Waals surface area contributed by atoms with E-state index in [-0.39, 0.29) is 17.9 Å². The van der Waals surface area contributed by atoms with Crippen molar-refractivity contribution in [3.8, 4) is 0 Å². The molecule has 104 valence electrons. The molecule has 2 heterocycles. The number of nitrogens with one attached hydrogen (secondary N) is 3. The van der Waals surface area contributed by atoms with E-state index in [0.717, 1.165) is 23.9 Å². The molecule has 1 aliphatic rings. The van der Waals surface area contributed by atoms with Gasteiger partial charge in [0.1, 0.15) is 5.69 Å². The van der Waals surface area contributed by atoms with Crippen LogP contribution in [0.2, 0.25) is 0 Å². The Balaban J connectivity index is 1.66. The van der Waals surface area contributed by atoms with E-state index in [2.05, 4.69) is 31.8 Å². The van der Waals surface area contributed by atoms with E-state index < -0.39 is 0 Å². The van der Waals surface area contributed by atoms with E-state index in [9.17, 15) is 9.59 Å². The topological polar surface area (TPSA) is 83.2 Å². The second-order valence-electron chi connectivity index (χ2n) is 4.41. The second kappa shape index (κ2) is 6.72. The third-order valence-electron chi connectivity index (χ3n) is 2.93. The highest BCUT2D eigenvalue weighted by atomic mass is 79.9. The number of carbonyl (C=O) groups excluding carboxylic acids is 2. The van der Waals surface area contributed by atoms with E-state index in [1.54, 1.807) is 12.3 Å². The Kier molecular flexibility index (Phi) is 4.98. The molecule has 19 heavy (non-hydrogen) atoms. The van der Waals surface area contributed by atoms with Crippen LogP contribution >= 0.6 is 15.9 Å². The van der Waals surface area contributed by atoms with Gasteiger partial charge < -0.3 is 9.72 Å². The number of hydrogen-bond donors (Lipinski definition) is 3. The largest absolute Gasteiger partial charge is 0.378 e. The zero-order chi connectivity index (χ0) is 13.7. The summed E-state index contributed by atoms with van der Waals surface area (Å²) in [4.78, 5) is 25.9. The van der Waals surface area contributed by atoms with Crippen LogP contribution in [0.4, 0.5) is 0 Å². The minimum absolute atomic E-state index is 0.181. The van der Waals surface area contributed by atoms with Gasteiger partial charge in [0, 0.05) is 23.7 Å². The lowest BCUT2D eigenvalue weighted by Gasteiger charge is -2.09. The van der Waals surface area contributed by atoms with E-state index in [4.69, 9.17) is 4.74 Å². The Morgan fingerprint density at radius 2 is 2.32 bits per heavy atom. The highest BCUT2D eigenvalue weighted by Crippen LogP contribution is 2.16. The first-order valence-corrected chi connectivity index (χ1v) is 6.99. The van der Waals surface area contributed by atoms with Gasteiger partial charge >= 0.3 is 0 Å². The number of ether oxygens (including phenoxy) is 1. The number of amides is 2. The number of carbonyl (C=O) groups is 2. The minimum Gasteiger partial charge on any atom is -0.378 e. The molecule has 6 nitrogen and oxygen atoms in total. The lowest BCUT2D eigenvalue weighted by molar-refractivity contribution is -0.122. The first-order chi connectivity index (χ1) is 9.15. The minimum atomic E-state index is -0.379. The Labute approximate surface area is 119 Å². The maximum atomic E-state index is 11.6. The van der Waals surface area contributed by atoms with Gasteiger partial charge in [-0.1, -0.05) is 0 Å². The van der Waals surface area contributed by atoms with Gasteiger partial charge in [-0.3, -0.25) is 20.4 Å². The molecule has 0 saturated carbocycles. The summed E-state index contributed by atoms with van der Waals surface area (Å²) in [6, 6.07) is 1.63. The van der Waals surface area contributed by atoms with Gasteiger partial charge in [0.15, 0.2) is 0 Å². The summed E-state index contributed by atoms with van der Waals surface area (Å²) in [6.45, 7) is 0.782. The molecule has 1 fully saturated rings. The average Bonchev–Trinajstić information content (AvgIpc) is 3.04. The van der Waals surface area contributed by atoms with Crippen LogP contribution in [0.25, 0.3) is 0 Å².